The predicted molar refractivity (Wildman–Crippen MR) is 92.1 cm³/mol. The second kappa shape index (κ2) is 4.86. The largest absolute Gasteiger partial charge is 0.492 e. The molecule has 5 rings (SSSR count). The zero-order valence-electron chi connectivity index (χ0n) is 14.1. The Labute approximate surface area is 143 Å². The first-order valence-electron chi connectivity index (χ1n) is 8.83. The highest BCUT2D eigenvalue weighted by Crippen LogP contribution is 2.55. The van der Waals surface area contributed by atoms with Crippen molar-refractivity contribution in [3.63, 3.8) is 0 Å². The third-order valence-corrected chi connectivity index (χ3v) is 5.94. The van der Waals surface area contributed by atoms with Crippen LogP contribution in [-0.4, -0.2) is 29.8 Å². The molecule has 3 fully saturated rings. The van der Waals surface area contributed by atoms with Crippen LogP contribution in [0.1, 0.15) is 38.1 Å². The van der Waals surface area contributed by atoms with E-state index in [1.807, 2.05) is 4.90 Å². The lowest BCUT2D eigenvalue weighted by Gasteiger charge is -2.24. The minimum Gasteiger partial charge on any atom is -0.492 e. The molecule has 1 aromatic heterocycles. The summed E-state index contributed by atoms with van der Waals surface area (Å²) >= 11 is 0. The van der Waals surface area contributed by atoms with Crippen molar-refractivity contribution < 1.29 is 9.13 Å². The highest BCUT2D eigenvalue weighted by Gasteiger charge is 2.48. The number of aromatic amines is 1. The number of anilines is 1. The molecule has 0 radical (unpaired) electrons. The number of methoxy groups -OCH3 is 1. The number of fused-ring (bicyclic) bond motifs is 1. The standard InChI is InChI=1S/C18H20FN3O3/c1-25-15-13-11(16(23)20-17(24)22(13)10-2-3-10)8-12(19)14(15)21-7-6-18(9-21)4-5-18/h8,10H,2-7,9H2,1H3,(H,20,23,24). The Bertz CT molecular complexity index is 1000. The number of benzene rings is 1. The van der Waals surface area contributed by atoms with Gasteiger partial charge >= 0.3 is 5.69 Å². The van der Waals surface area contributed by atoms with Gasteiger partial charge in [-0.25, -0.2) is 9.18 Å². The number of rotatable bonds is 3. The first kappa shape index (κ1) is 15.0. The van der Waals surface area contributed by atoms with E-state index in [-0.39, 0.29) is 11.4 Å². The molecular weight excluding hydrogens is 325 g/mol. The van der Waals surface area contributed by atoms with Gasteiger partial charge in [0.05, 0.1) is 12.5 Å². The van der Waals surface area contributed by atoms with Gasteiger partial charge in [0.1, 0.15) is 11.2 Å². The lowest BCUT2D eigenvalue weighted by molar-refractivity contribution is 0.413. The summed E-state index contributed by atoms with van der Waals surface area (Å²) in [6.07, 6.45) is 5.19. The Morgan fingerprint density at radius 2 is 2.04 bits per heavy atom. The van der Waals surface area contributed by atoms with Crippen LogP contribution in [0.2, 0.25) is 0 Å². The molecular formula is C18H20FN3O3. The fourth-order valence-corrected chi connectivity index (χ4v) is 4.22. The summed E-state index contributed by atoms with van der Waals surface area (Å²) in [6.45, 7) is 1.58. The van der Waals surface area contributed by atoms with E-state index >= 15 is 0 Å². The number of hydrogen-bond donors (Lipinski definition) is 1. The molecule has 2 heterocycles. The van der Waals surface area contributed by atoms with Gasteiger partial charge in [-0.2, -0.15) is 0 Å². The molecule has 0 unspecified atom stereocenters. The Morgan fingerprint density at radius 3 is 2.64 bits per heavy atom. The van der Waals surface area contributed by atoms with Crippen molar-refractivity contribution in [1.82, 2.24) is 9.55 Å². The van der Waals surface area contributed by atoms with Crippen molar-refractivity contribution >= 4 is 16.6 Å². The number of nitrogens with one attached hydrogen (secondary N) is 1. The molecule has 0 amide bonds. The first-order valence-corrected chi connectivity index (χ1v) is 8.83. The summed E-state index contributed by atoms with van der Waals surface area (Å²) in [7, 11) is 1.48. The fraction of sp³-hybridized carbons (Fsp3) is 0.556. The minimum absolute atomic E-state index is 0.0485. The van der Waals surface area contributed by atoms with Gasteiger partial charge in [-0.15, -0.1) is 0 Å². The van der Waals surface area contributed by atoms with Crippen LogP contribution in [0, 0.1) is 11.2 Å². The molecule has 1 spiro atoms. The number of H-pyrrole nitrogens is 1. The van der Waals surface area contributed by atoms with Crippen molar-refractivity contribution in [3.8, 4) is 5.75 Å². The SMILES string of the molecule is COc1c(N2CCC3(CC3)C2)c(F)cc2c(=O)[nH]c(=O)n(C3CC3)c12. The zero-order chi connectivity index (χ0) is 17.3. The Balaban J connectivity index is 1.81. The fourth-order valence-electron chi connectivity index (χ4n) is 4.22. The Morgan fingerprint density at radius 1 is 1.28 bits per heavy atom. The second-order valence-electron chi connectivity index (χ2n) is 7.67. The second-order valence-corrected chi connectivity index (χ2v) is 7.67. The summed E-state index contributed by atoms with van der Waals surface area (Å²) in [6, 6.07) is 1.30. The van der Waals surface area contributed by atoms with Crippen LogP contribution in [0.4, 0.5) is 10.1 Å². The summed E-state index contributed by atoms with van der Waals surface area (Å²) in [5.74, 6) is -0.156. The molecule has 132 valence electrons. The van der Waals surface area contributed by atoms with Gasteiger partial charge in [-0.3, -0.25) is 14.3 Å². The van der Waals surface area contributed by atoms with Crippen LogP contribution < -0.4 is 20.9 Å². The highest BCUT2D eigenvalue weighted by molar-refractivity contribution is 5.91. The number of halogens is 1. The molecule has 0 atom stereocenters. The van der Waals surface area contributed by atoms with E-state index in [2.05, 4.69) is 4.98 Å². The average Bonchev–Trinajstić information content (AvgIpc) is 3.47. The number of aromatic nitrogens is 2. The molecule has 1 aromatic carbocycles. The smallest absolute Gasteiger partial charge is 0.329 e. The van der Waals surface area contributed by atoms with Gasteiger partial charge in [-0.05, 0) is 43.6 Å². The average molecular weight is 345 g/mol. The molecule has 2 aliphatic carbocycles. The molecule has 1 saturated heterocycles. The molecule has 6 nitrogen and oxygen atoms in total. The van der Waals surface area contributed by atoms with Crippen molar-refractivity contribution in [2.75, 3.05) is 25.1 Å². The summed E-state index contributed by atoms with van der Waals surface area (Å²) in [5, 5.41) is 0.171. The molecule has 25 heavy (non-hydrogen) atoms. The quantitative estimate of drug-likeness (QED) is 0.926. The zero-order valence-corrected chi connectivity index (χ0v) is 14.1. The highest BCUT2D eigenvalue weighted by atomic mass is 19.1. The van der Waals surface area contributed by atoms with Gasteiger partial charge in [0.2, 0.25) is 0 Å². The number of hydrogen-bond acceptors (Lipinski definition) is 4. The van der Waals surface area contributed by atoms with Crippen molar-refractivity contribution in [3.05, 3.63) is 32.7 Å². The molecule has 2 saturated carbocycles. The van der Waals surface area contributed by atoms with Gasteiger partial charge in [0, 0.05) is 19.1 Å². The number of ether oxygens (including phenoxy) is 1. The van der Waals surface area contributed by atoms with Crippen LogP contribution in [0.15, 0.2) is 15.7 Å². The van der Waals surface area contributed by atoms with E-state index in [0.29, 0.717) is 22.4 Å². The van der Waals surface area contributed by atoms with E-state index in [1.54, 1.807) is 4.57 Å². The van der Waals surface area contributed by atoms with Gasteiger partial charge in [-0.1, -0.05) is 0 Å². The molecule has 3 aliphatic rings. The normalized spacial score (nSPS) is 21.3. The Hall–Kier alpha value is -2.31. The van der Waals surface area contributed by atoms with Crippen molar-refractivity contribution in [2.45, 2.75) is 38.1 Å². The van der Waals surface area contributed by atoms with E-state index in [0.717, 1.165) is 32.4 Å². The molecule has 1 aliphatic heterocycles. The minimum atomic E-state index is -0.569. The van der Waals surface area contributed by atoms with E-state index in [4.69, 9.17) is 4.74 Å². The van der Waals surface area contributed by atoms with E-state index in [1.165, 1.54) is 26.0 Å². The lowest BCUT2D eigenvalue weighted by Crippen LogP contribution is -2.31. The van der Waals surface area contributed by atoms with Crippen LogP contribution >= 0.6 is 0 Å². The number of nitrogens with zero attached hydrogens (tertiary/aromatic N) is 2. The molecule has 2 aromatic rings. The van der Waals surface area contributed by atoms with E-state index in [9.17, 15) is 14.0 Å². The first-order chi connectivity index (χ1) is 12.0. The summed E-state index contributed by atoms with van der Waals surface area (Å²) in [4.78, 5) is 29.0. The van der Waals surface area contributed by atoms with Crippen LogP contribution in [-0.2, 0) is 0 Å². The van der Waals surface area contributed by atoms with Gasteiger partial charge in [0.15, 0.2) is 11.6 Å². The summed E-state index contributed by atoms with van der Waals surface area (Å²) in [5.41, 5.74) is 0.123. The lowest BCUT2D eigenvalue weighted by atomic mass is 10.1. The monoisotopic (exact) mass is 345 g/mol. The summed E-state index contributed by atoms with van der Waals surface area (Å²) < 4.78 is 22.1. The molecule has 1 N–H and O–H groups in total. The molecule has 7 heteroatoms. The predicted octanol–water partition coefficient (Wildman–Crippen LogP) is 2.16. The van der Waals surface area contributed by atoms with E-state index < -0.39 is 17.1 Å². The van der Waals surface area contributed by atoms with Crippen molar-refractivity contribution in [2.24, 2.45) is 5.41 Å². The van der Waals surface area contributed by atoms with Crippen molar-refractivity contribution in [1.29, 1.82) is 0 Å². The van der Waals surface area contributed by atoms with Gasteiger partial charge in [0.25, 0.3) is 5.56 Å². The van der Waals surface area contributed by atoms with Crippen LogP contribution in [0.3, 0.4) is 0 Å². The maximum atomic E-state index is 15.0. The molecule has 0 bridgehead atoms. The third kappa shape index (κ3) is 2.14. The maximum absolute atomic E-state index is 15.0. The topological polar surface area (TPSA) is 67.3 Å². The maximum Gasteiger partial charge on any atom is 0.329 e. The van der Waals surface area contributed by atoms with Crippen LogP contribution in [0.5, 0.6) is 5.75 Å². The van der Waals surface area contributed by atoms with Crippen LogP contribution in [0.25, 0.3) is 10.9 Å². The Kier molecular flexibility index (Phi) is 2.92. The van der Waals surface area contributed by atoms with Gasteiger partial charge < -0.3 is 9.64 Å². The third-order valence-electron chi connectivity index (χ3n) is 5.94.